The minimum atomic E-state index is 0.0719. The van der Waals surface area contributed by atoms with E-state index in [-0.39, 0.29) is 12.1 Å². The van der Waals surface area contributed by atoms with Crippen LogP contribution in [0.2, 0.25) is 0 Å². The van der Waals surface area contributed by atoms with Crippen molar-refractivity contribution in [3.8, 4) is 0 Å². The third-order valence-electron chi connectivity index (χ3n) is 3.51. The number of piperidine rings is 1. The molecule has 1 N–H and O–H groups in total. The molecule has 0 atom stereocenters. The lowest BCUT2D eigenvalue weighted by molar-refractivity contribution is 0.179. The molecule has 4 heteroatoms. The number of carbonyl (C=O) groups excluding carboxylic acids is 1. The summed E-state index contributed by atoms with van der Waals surface area (Å²) in [7, 11) is 0. The lowest BCUT2D eigenvalue weighted by Gasteiger charge is -2.32. The van der Waals surface area contributed by atoms with Crippen molar-refractivity contribution >= 4 is 22.0 Å². The molecule has 0 saturated carbocycles. The Labute approximate surface area is 123 Å². The zero-order chi connectivity index (χ0) is 13.8. The molecule has 19 heavy (non-hydrogen) atoms. The van der Waals surface area contributed by atoms with Gasteiger partial charge in [-0.2, -0.15) is 0 Å². The fraction of sp³-hybridized carbons (Fsp3) is 0.533. The molecule has 1 aromatic rings. The topological polar surface area (TPSA) is 32.3 Å². The van der Waals surface area contributed by atoms with E-state index >= 15 is 0 Å². The molecule has 0 radical (unpaired) electrons. The first-order valence-electron chi connectivity index (χ1n) is 6.87. The van der Waals surface area contributed by atoms with Crippen LogP contribution in [0.1, 0.15) is 38.2 Å². The van der Waals surface area contributed by atoms with Gasteiger partial charge in [-0.1, -0.05) is 28.1 Å². The average Bonchev–Trinajstić information content (AvgIpc) is 2.38. The monoisotopic (exact) mass is 324 g/mol. The van der Waals surface area contributed by atoms with E-state index in [1.165, 1.54) is 5.56 Å². The molecule has 1 aliphatic rings. The maximum atomic E-state index is 11.9. The van der Waals surface area contributed by atoms with Gasteiger partial charge in [0.1, 0.15) is 0 Å². The van der Waals surface area contributed by atoms with Gasteiger partial charge in [-0.3, -0.25) is 0 Å². The molecule has 0 aliphatic carbocycles. The Kier molecular flexibility index (Phi) is 4.86. The summed E-state index contributed by atoms with van der Waals surface area (Å²) in [6.45, 7) is 5.67. The summed E-state index contributed by atoms with van der Waals surface area (Å²) in [6, 6.07) is 8.78. The highest BCUT2D eigenvalue weighted by Gasteiger charge is 2.23. The molecule has 0 spiro atoms. The Morgan fingerprint density at radius 2 is 2.05 bits per heavy atom. The summed E-state index contributed by atoms with van der Waals surface area (Å²) < 4.78 is 1.13. The molecule has 104 valence electrons. The minimum Gasteiger partial charge on any atom is -0.336 e. The van der Waals surface area contributed by atoms with Crippen LogP contribution in [0.3, 0.4) is 0 Å². The molecule has 0 bridgehead atoms. The summed E-state index contributed by atoms with van der Waals surface area (Å²) >= 11 is 3.52. The number of halogens is 1. The molecule has 2 amide bonds. The van der Waals surface area contributed by atoms with E-state index < -0.39 is 0 Å². The third kappa shape index (κ3) is 3.96. The Balaban J connectivity index is 1.90. The number of urea groups is 1. The van der Waals surface area contributed by atoms with Crippen LogP contribution in [0.5, 0.6) is 0 Å². The van der Waals surface area contributed by atoms with Crippen LogP contribution in [0, 0.1) is 0 Å². The smallest absolute Gasteiger partial charge is 0.317 e. The maximum absolute atomic E-state index is 11.9. The first kappa shape index (κ1) is 14.4. The second kappa shape index (κ2) is 6.42. The Hall–Kier alpha value is -1.03. The van der Waals surface area contributed by atoms with Crippen LogP contribution in [-0.4, -0.2) is 30.1 Å². The Morgan fingerprint density at radius 3 is 2.63 bits per heavy atom. The second-order valence-electron chi connectivity index (χ2n) is 5.42. The molecule has 1 aliphatic heterocycles. The van der Waals surface area contributed by atoms with E-state index in [4.69, 9.17) is 0 Å². The van der Waals surface area contributed by atoms with Gasteiger partial charge in [-0.05, 0) is 50.3 Å². The van der Waals surface area contributed by atoms with E-state index in [1.807, 2.05) is 18.7 Å². The van der Waals surface area contributed by atoms with E-state index in [2.05, 4.69) is 45.5 Å². The summed E-state index contributed by atoms with van der Waals surface area (Å²) in [5.74, 6) is 0.570. The van der Waals surface area contributed by atoms with Crippen molar-refractivity contribution in [3.05, 3.63) is 34.3 Å². The van der Waals surface area contributed by atoms with Crippen LogP contribution in [0.4, 0.5) is 4.79 Å². The van der Waals surface area contributed by atoms with Crippen molar-refractivity contribution in [2.75, 3.05) is 13.1 Å². The largest absolute Gasteiger partial charge is 0.336 e. The van der Waals surface area contributed by atoms with Gasteiger partial charge in [0.05, 0.1) is 0 Å². The van der Waals surface area contributed by atoms with Crippen molar-refractivity contribution in [1.29, 1.82) is 0 Å². The highest BCUT2D eigenvalue weighted by molar-refractivity contribution is 9.10. The van der Waals surface area contributed by atoms with Gasteiger partial charge in [0.2, 0.25) is 0 Å². The standard InChI is InChI=1S/C15H21BrN2O/c1-11(2)17-15(19)18-8-6-12(7-9-18)13-4-3-5-14(16)10-13/h3-5,10-12H,6-9H2,1-2H3,(H,17,19). The van der Waals surface area contributed by atoms with E-state index in [0.717, 1.165) is 30.4 Å². The molecule has 0 unspecified atom stereocenters. The number of likely N-dealkylation sites (tertiary alicyclic amines) is 1. The maximum Gasteiger partial charge on any atom is 0.317 e. The molecule has 0 aromatic heterocycles. The molecule has 1 aromatic carbocycles. The van der Waals surface area contributed by atoms with Crippen molar-refractivity contribution in [2.24, 2.45) is 0 Å². The van der Waals surface area contributed by atoms with Crippen LogP contribution in [-0.2, 0) is 0 Å². The molecule has 3 nitrogen and oxygen atoms in total. The summed E-state index contributed by atoms with van der Waals surface area (Å²) in [4.78, 5) is 13.8. The SMILES string of the molecule is CC(C)NC(=O)N1CCC(c2cccc(Br)c2)CC1. The van der Waals surface area contributed by atoms with Crippen molar-refractivity contribution < 1.29 is 4.79 Å². The third-order valence-corrected chi connectivity index (χ3v) is 4.01. The number of nitrogens with one attached hydrogen (secondary N) is 1. The molecule has 1 saturated heterocycles. The van der Waals surface area contributed by atoms with Gasteiger partial charge in [0.15, 0.2) is 0 Å². The molecule has 1 heterocycles. The molecular formula is C15H21BrN2O. The zero-order valence-electron chi connectivity index (χ0n) is 11.5. The van der Waals surface area contributed by atoms with Crippen molar-refractivity contribution in [1.82, 2.24) is 10.2 Å². The molecular weight excluding hydrogens is 304 g/mol. The summed E-state index contributed by atoms with van der Waals surface area (Å²) in [5.41, 5.74) is 1.37. The van der Waals surface area contributed by atoms with Crippen molar-refractivity contribution in [3.63, 3.8) is 0 Å². The van der Waals surface area contributed by atoms with Gasteiger partial charge in [-0.15, -0.1) is 0 Å². The predicted octanol–water partition coefficient (Wildman–Crippen LogP) is 3.75. The minimum absolute atomic E-state index is 0.0719. The average molecular weight is 325 g/mol. The first-order valence-corrected chi connectivity index (χ1v) is 7.66. The van der Waals surface area contributed by atoms with E-state index in [9.17, 15) is 4.79 Å². The number of hydrogen-bond donors (Lipinski definition) is 1. The highest BCUT2D eigenvalue weighted by Crippen LogP contribution is 2.29. The second-order valence-corrected chi connectivity index (χ2v) is 6.34. The number of benzene rings is 1. The quantitative estimate of drug-likeness (QED) is 0.882. The number of hydrogen-bond acceptors (Lipinski definition) is 1. The summed E-state index contributed by atoms with van der Waals surface area (Å²) in [6.07, 6.45) is 2.09. The van der Waals surface area contributed by atoms with Crippen LogP contribution in [0.15, 0.2) is 28.7 Å². The Morgan fingerprint density at radius 1 is 1.37 bits per heavy atom. The van der Waals surface area contributed by atoms with Crippen molar-refractivity contribution in [2.45, 2.75) is 38.6 Å². The van der Waals surface area contributed by atoms with Gasteiger partial charge >= 0.3 is 6.03 Å². The summed E-state index contributed by atoms with van der Waals surface area (Å²) in [5, 5.41) is 2.96. The predicted molar refractivity (Wildman–Crippen MR) is 81.4 cm³/mol. The van der Waals surface area contributed by atoms with E-state index in [1.54, 1.807) is 0 Å². The number of amides is 2. The van der Waals surface area contributed by atoms with Gasteiger partial charge in [0, 0.05) is 23.6 Å². The normalized spacial score (nSPS) is 16.7. The Bertz CT molecular complexity index is 440. The fourth-order valence-corrected chi connectivity index (χ4v) is 2.93. The van der Waals surface area contributed by atoms with Crippen LogP contribution in [0.25, 0.3) is 0 Å². The zero-order valence-corrected chi connectivity index (χ0v) is 13.1. The first-order chi connectivity index (χ1) is 9.06. The lowest BCUT2D eigenvalue weighted by Crippen LogP contribution is -2.46. The fourth-order valence-electron chi connectivity index (χ4n) is 2.51. The van der Waals surface area contributed by atoms with Crippen LogP contribution < -0.4 is 5.32 Å². The van der Waals surface area contributed by atoms with Crippen LogP contribution >= 0.6 is 15.9 Å². The number of nitrogens with zero attached hydrogens (tertiary/aromatic N) is 1. The van der Waals surface area contributed by atoms with Gasteiger partial charge < -0.3 is 10.2 Å². The lowest BCUT2D eigenvalue weighted by atomic mass is 9.90. The number of rotatable bonds is 2. The van der Waals surface area contributed by atoms with E-state index in [0.29, 0.717) is 5.92 Å². The van der Waals surface area contributed by atoms with Gasteiger partial charge in [0.25, 0.3) is 0 Å². The highest BCUT2D eigenvalue weighted by atomic mass is 79.9. The van der Waals surface area contributed by atoms with Gasteiger partial charge in [-0.25, -0.2) is 4.79 Å². The molecule has 1 fully saturated rings. The molecule has 2 rings (SSSR count). The number of carbonyl (C=O) groups is 1.